The van der Waals surface area contributed by atoms with E-state index < -0.39 is 6.09 Å². The van der Waals surface area contributed by atoms with Gasteiger partial charge < -0.3 is 24.9 Å². The minimum atomic E-state index is -0.629. The second kappa shape index (κ2) is 14.9. The zero-order chi connectivity index (χ0) is 36.1. The molecule has 0 saturated heterocycles. The van der Waals surface area contributed by atoms with Crippen LogP contribution in [0.4, 0.5) is 10.5 Å². The van der Waals surface area contributed by atoms with Crippen molar-refractivity contribution >= 4 is 33.8 Å². The molecule has 0 unspecified atom stereocenters. The highest BCUT2D eigenvalue weighted by atomic mass is 16.6. The zero-order valence-electron chi connectivity index (χ0n) is 29.3. The van der Waals surface area contributed by atoms with E-state index in [0.29, 0.717) is 61.1 Å². The first-order chi connectivity index (χ1) is 24.9. The van der Waals surface area contributed by atoms with Crippen LogP contribution < -0.4 is 25.7 Å². The van der Waals surface area contributed by atoms with Crippen LogP contribution >= 0.6 is 0 Å². The number of fused-ring (bicyclic) bond motifs is 1. The van der Waals surface area contributed by atoms with Crippen LogP contribution in [0.1, 0.15) is 43.3 Å². The molecule has 51 heavy (non-hydrogen) atoms. The molecule has 10 heteroatoms. The Kier molecular flexibility index (Phi) is 9.97. The summed E-state index contributed by atoms with van der Waals surface area (Å²) in [5.74, 6) is 0.298. The van der Waals surface area contributed by atoms with Crippen LogP contribution in [0.25, 0.3) is 49.4 Å². The van der Waals surface area contributed by atoms with Crippen LogP contribution in [0, 0.1) is 24.8 Å². The molecule has 254 valence electrons. The molecule has 10 nitrogen and oxygen atoms in total. The number of para-hydroxylation sites is 1. The first-order valence-corrected chi connectivity index (χ1v) is 16.9. The van der Waals surface area contributed by atoms with Gasteiger partial charge in [-0.1, -0.05) is 43.3 Å². The highest BCUT2D eigenvalue weighted by Crippen LogP contribution is 2.37. The maximum atomic E-state index is 12.5. The average Bonchev–Trinajstić information content (AvgIpc) is 3.73. The number of benzene rings is 2. The Balaban J connectivity index is 1.87. The van der Waals surface area contributed by atoms with Crippen LogP contribution in [0.5, 0.6) is 5.75 Å². The van der Waals surface area contributed by atoms with Crippen molar-refractivity contribution in [1.29, 1.82) is 5.26 Å². The molecular weight excluding hydrogens is 637 g/mol. The van der Waals surface area contributed by atoms with Gasteiger partial charge in [0, 0.05) is 60.1 Å². The van der Waals surface area contributed by atoms with Crippen molar-refractivity contribution in [2.45, 2.75) is 34.1 Å². The largest absolute Gasteiger partial charge is 0.412 e. The summed E-state index contributed by atoms with van der Waals surface area (Å²) in [5.41, 5.74) is 7.39. The number of pyridine rings is 2. The number of carbonyl (C=O) groups excluding carboxylic acids is 1. The van der Waals surface area contributed by atoms with E-state index in [1.807, 2.05) is 67.6 Å². The molecule has 0 radical (unpaired) electrons. The molecule has 0 fully saturated rings. The van der Waals surface area contributed by atoms with E-state index in [-0.39, 0.29) is 0 Å². The van der Waals surface area contributed by atoms with E-state index in [1.165, 1.54) is 7.05 Å². The van der Waals surface area contributed by atoms with Crippen molar-refractivity contribution in [2.75, 3.05) is 25.0 Å². The molecule has 4 heterocycles. The number of nitriles is 1. The van der Waals surface area contributed by atoms with Gasteiger partial charge in [-0.2, -0.15) is 5.26 Å². The summed E-state index contributed by atoms with van der Waals surface area (Å²) in [4.78, 5) is 35.4. The van der Waals surface area contributed by atoms with Gasteiger partial charge in [0.15, 0.2) is 0 Å². The van der Waals surface area contributed by atoms with E-state index in [0.717, 1.165) is 47.6 Å². The number of anilines is 1. The molecule has 0 atom stereocenters. The van der Waals surface area contributed by atoms with Crippen LogP contribution in [0.15, 0.2) is 85.2 Å². The monoisotopic (exact) mass is 674 g/mol. The lowest BCUT2D eigenvalue weighted by Crippen LogP contribution is -2.22. The number of aromatic amines is 2. The van der Waals surface area contributed by atoms with Gasteiger partial charge in [-0.3, -0.25) is 9.97 Å². The van der Waals surface area contributed by atoms with Gasteiger partial charge in [-0.25, -0.2) is 9.64 Å². The number of nitrogens with zero attached hydrogens (tertiary/aromatic N) is 5. The molecule has 2 aromatic carbocycles. The Labute approximate surface area is 296 Å². The lowest BCUT2D eigenvalue weighted by atomic mass is 10.0. The van der Waals surface area contributed by atoms with Gasteiger partial charge in [-0.05, 0) is 74.7 Å². The maximum Gasteiger partial charge on any atom is 0.412 e. The predicted molar refractivity (Wildman–Crippen MR) is 201 cm³/mol. The number of aromatic nitrogens is 4. The number of amides is 1. The van der Waals surface area contributed by atoms with Crippen molar-refractivity contribution in [3.8, 4) is 34.3 Å². The van der Waals surface area contributed by atoms with E-state index in [9.17, 15) is 10.1 Å². The Morgan fingerprint density at radius 2 is 1.55 bits per heavy atom. The lowest BCUT2D eigenvalue weighted by molar-refractivity contribution is 0.203. The standard InChI is InChI=1S/C41H38N8O2/c1-7-26-18-20-45-31(22-26)30(24-42)38-34-35(36(47-38)28-15-11-10-14-25(28)4)40(39(43-5)32-23-27(19-21-46-32)49(8-2)9-3)48-37(34)29-16-12-13-17-33(29)51-41(50)44-6/h10-23,47-48H,7-9H2,1-4,6H3,(H,44,50)/b38-30-,40-39+. The second-order valence-electron chi connectivity index (χ2n) is 11.9. The zero-order valence-corrected chi connectivity index (χ0v) is 29.3. The van der Waals surface area contributed by atoms with E-state index >= 15 is 0 Å². The van der Waals surface area contributed by atoms with E-state index in [1.54, 1.807) is 24.5 Å². The molecule has 0 saturated carbocycles. The summed E-state index contributed by atoms with van der Waals surface area (Å²) in [6.45, 7) is 18.4. The number of nitrogens with one attached hydrogen (secondary N) is 3. The molecule has 0 spiro atoms. The highest BCUT2D eigenvalue weighted by molar-refractivity contribution is 6.08. The number of hydrogen-bond acceptors (Lipinski definition) is 6. The number of aryl methyl sites for hydroxylation is 2. The SMILES string of the molecule is [C-]#[N+]/C(c1cc(N(CC)CC)ccn1)=c1/[nH]c(-c2ccccc2OC(=O)NC)c2/c(=C(\C#N)c3cc(CC)ccn3)[nH]c(-c3ccccc3C)c12. The summed E-state index contributed by atoms with van der Waals surface area (Å²) < 4.78 is 5.75. The minimum Gasteiger partial charge on any atom is -0.410 e. The molecule has 6 aromatic rings. The fourth-order valence-corrected chi connectivity index (χ4v) is 6.43. The number of hydrogen-bond donors (Lipinski definition) is 3. The third-order valence-corrected chi connectivity index (χ3v) is 9.04. The molecule has 4 aromatic heterocycles. The van der Waals surface area contributed by atoms with Gasteiger partial charge in [0.25, 0.3) is 0 Å². The third kappa shape index (κ3) is 6.43. The first kappa shape index (κ1) is 34.2. The fourth-order valence-electron chi connectivity index (χ4n) is 6.43. The Bertz CT molecular complexity index is 2470. The van der Waals surface area contributed by atoms with E-state index in [2.05, 4.69) is 61.8 Å². The highest BCUT2D eigenvalue weighted by Gasteiger charge is 2.25. The number of rotatable bonds is 9. The second-order valence-corrected chi connectivity index (χ2v) is 11.9. The quantitative estimate of drug-likeness (QED) is 0.144. The summed E-state index contributed by atoms with van der Waals surface area (Å²) >= 11 is 0. The van der Waals surface area contributed by atoms with Crippen LogP contribution in [-0.2, 0) is 6.42 Å². The van der Waals surface area contributed by atoms with Crippen molar-refractivity contribution in [3.63, 3.8) is 0 Å². The van der Waals surface area contributed by atoms with Crippen molar-refractivity contribution in [2.24, 2.45) is 0 Å². The average molecular weight is 675 g/mol. The third-order valence-electron chi connectivity index (χ3n) is 9.04. The van der Waals surface area contributed by atoms with Crippen molar-refractivity contribution < 1.29 is 9.53 Å². The molecule has 6 rings (SSSR count). The number of carbonyl (C=O) groups is 1. The van der Waals surface area contributed by atoms with Gasteiger partial charge in [0.05, 0.1) is 40.0 Å². The summed E-state index contributed by atoms with van der Waals surface area (Å²) in [7, 11) is 1.50. The first-order valence-electron chi connectivity index (χ1n) is 16.9. The summed E-state index contributed by atoms with van der Waals surface area (Å²) in [6, 6.07) is 25.3. The number of H-pyrrole nitrogens is 2. The molecule has 0 aliphatic rings. The summed E-state index contributed by atoms with van der Waals surface area (Å²) in [5, 5.41) is 15.7. The van der Waals surface area contributed by atoms with Gasteiger partial charge >= 0.3 is 6.09 Å². The normalized spacial score (nSPS) is 12.1. The van der Waals surface area contributed by atoms with Crippen molar-refractivity contribution in [1.82, 2.24) is 25.3 Å². The molecule has 0 aliphatic heterocycles. The Hall–Kier alpha value is -6.65. The maximum absolute atomic E-state index is 12.5. The topological polar surface area (TPSA) is 127 Å². The molecule has 1 amide bonds. The van der Waals surface area contributed by atoms with Crippen LogP contribution in [-0.4, -0.2) is 46.2 Å². The Morgan fingerprint density at radius 1 is 0.902 bits per heavy atom. The van der Waals surface area contributed by atoms with Gasteiger partial charge in [-0.15, -0.1) is 0 Å². The lowest BCUT2D eigenvalue weighted by Gasteiger charge is -2.21. The van der Waals surface area contributed by atoms with Crippen LogP contribution in [0.2, 0.25) is 0 Å². The molecule has 0 bridgehead atoms. The van der Waals surface area contributed by atoms with Crippen molar-refractivity contribution in [3.05, 3.63) is 130 Å². The fraction of sp³-hybridized carbons (Fsp3) is 0.195. The van der Waals surface area contributed by atoms with Gasteiger partial charge in [0.2, 0.25) is 5.70 Å². The number of ether oxygens (including phenoxy) is 1. The van der Waals surface area contributed by atoms with E-state index in [4.69, 9.17) is 11.3 Å². The summed E-state index contributed by atoms with van der Waals surface area (Å²) in [6.07, 6.45) is 3.58. The molecular formula is C41H38N8O2. The minimum absolute atomic E-state index is 0.298. The molecule has 3 N–H and O–H groups in total. The Morgan fingerprint density at radius 3 is 2.24 bits per heavy atom. The molecule has 0 aliphatic carbocycles. The van der Waals surface area contributed by atoms with Gasteiger partial charge in [0.1, 0.15) is 17.4 Å². The predicted octanol–water partition coefficient (Wildman–Crippen LogP) is 6.85. The van der Waals surface area contributed by atoms with Crippen LogP contribution in [0.3, 0.4) is 0 Å². The smallest absolute Gasteiger partial charge is 0.410 e.